The molecule has 0 aliphatic carbocycles. The lowest BCUT2D eigenvalue weighted by Gasteiger charge is -2.48. The quantitative estimate of drug-likeness (QED) is 0.147. The van der Waals surface area contributed by atoms with Gasteiger partial charge in [0.2, 0.25) is 9.33 Å². The Morgan fingerprint density at radius 2 is 1.84 bits per heavy atom. The monoisotopic (exact) mass is 525 g/mol. The van der Waals surface area contributed by atoms with Crippen LogP contribution in [0.1, 0.15) is 19.4 Å². The van der Waals surface area contributed by atoms with Gasteiger partial charge in [0.15, 0.2) is 0 Å². The van der Waals surface area contributed by atoms with Crippen LogP contribution < -0.4 is 5.73 Å². The molecule has 1 aromatic carbocycles. The number of non-ortho nitro benzene ring substituents is 1. The van der Waals surface area contributed by atoms with Gasteiger partial charge in [-0.05, 0) is 31.5 Å². The lowest BCUT2D eigenvalue weighted by Crippen LogP contribution is -2.81. The average molecular weight is 527 g/mol. The average Bonchev–Trinajstić information content (AvgIpc) is 2.98. The normalized spacial score (nSPS) is 26.2. The molecule has 2 heterocycles. The number of carbonyl (C=O) groups is 3. The van der Waals surface area contributed by atoms with Gasteiger partial charge in [-0.15, -0.1) is 11.8 Å². The standard InChI is InChI=1S/C18H18Cl3N3O7S/c1-16(2)11(12(25)30-7-9-3-5-10(6-4-9)24(28)29)23-13(26)18(22,14(23)32-16)15(27)31-8-17(19,20)21/h3-6,11,14H,7-8,22H2,1-2H3/t11-,14+,18-/m0/s1. The number of hydrogen-bond acceptors (Lipinski definition) is 9. The van der Waals surface area contributed by atoms with Gasteiger partial charge in [-0.3, -0.25) is 14.9 Å². The Hall–Kier alpha value is -1.79. The predicted octanol–water partition coefficient (Wildman–Crippen LogP) is 2.31. The van der Waals surface area contributed by atoms with E-state index in [0.717, 1.165) is 11.8 Å². The van der Waals surface area contributed by atoms with Crippen LogP contribution in [0.5, 0.6) is 0 Å². The van der Waals surface area contributed by atoms with Crippen LogP contribution in [-0.4, -0.2) is 59.8 Å². The molecule has 10 nitrogen and oxygen atoms in total. The highest BCUT2D eigenvalue weighted by molar-refractivity contribution is 8.01. The van der Waals surface area contributed by atoms with Gasteiger partial charge in [0.25, 0.3) is 11.6 Å². The number of hydrogen-bond donors (Lipinski definition) is 1. The Morgan fingerprint density at radius 1 is 1.25 bits per heavy atom. The number of amides is 1. The van der Waals surface area contributed by atoms with Crippen LogP contribution in [0.15, 0.2) is 24.3 Å². The van der Waals surface area contributed by atoms with Gasteiger partial charge in [-0.1, -0.05) is 34.8 Å². The van der Waals surface area contributed by atoms with E-state index in [0.29, 0.717) is 5.56 Å². The van der Waals surface area contributed by atoms with Crippen LogP contribution in [0.25, 0.3) is 0 Å². The number of nitrogens with two attached hydrogens (primary N) is 1. The van der Waals surface area contributed by atoms with Crippen molar-refractivity contribution >= 4 is 70.1 Å². The first kappa shape index (κ1) is 24.8. The van der Waals surface area contributed by atoms with Crippen molar-refractivity contribution in [1.29, 1.82) is 0 Å². The molecule has 2 aliphatic rings. The van der Waals surface area contributed by atoms with E-state index in [2.05, 4.69) is 0 Å². The van der Waals surface area contributed by atoms with Gasteiger partial charge in [-0.2, -0.15) is 0 Å². The molecule has 3 atom stereocenters. The molecule has 3 rings (SSSR count). The van der Waals surface area contributed by atoms with Crippen LogP contribution in [-0.2, 0) is 30.5 Å². The fourth-order valence-corrected chi connectivity index (χ4v) is 5.26. The third-order valence-corrected chi connectivity index (χ3v) is 7.02. The second-order valence-corrected chi connectivity index (χ2v) is 12.0. The van der Waals surface area contributed by atoms with Crippen LogP contribution >= 0.6 is 46.6 Å². The van der Waals surface area contributed by atoms with Crippen molar-refractivity contribution < 1.29 is 28.8 Å². The van der Waals surface area contributed by atoms with Gasteiger partial charge < -0.3 is 20.1 Å². The zero-order chi connectivity index (χ0) is 24.1. The van der Waals surface area contributed by atoms with Crippen molar-refractivity contribution in [3.05, 3.63) is 39.9 Å². The van der Waals surface area contributed by atoms with Crippen LogP contribution in [0.2, 0.25) is 0 Å². The van der Waals surface area contributed by atoms with Crippen LogP contribution in [0.4, 0.5) is 5.69 Å². The Bertz CT molecular complexity index is 970. The molecule has 0 saturated carbocycles. The Balaban J connectivity index is 1.69. The summed E-state index contributed by atoms with van der Waals surface area (Å²) >= 11 is 17.9. The van der Waals surface area contributed by atoms with Crippen molar-refractivity contribution in [2.75, 3.05) is 6.61 Å². The molecule has 0 radical (unpaired) electrons. The maximum Gasteiger partial charge on any atom is 0.339 e. The van der Waals surface area contributed by atoms with E-state index in [9.17, 15) is 24.5 Å². The number of esters is 2. The van der Waals surface area contributed by atoms with Gasteiger partial charge in [0.05, 0.1) is 4.92 Å². The molecule has 1 aromatic rings. The fourth-order valence-electron chi connectivity index (χ4n) is 3.47. The highest BCUT2D eigenvalue weighted by Gasteiger charge is 2.74. The number of rotatable bonds is 6. The van der Waals surface area contributed by atoms with E-state index in [-0.39, 0.29) is 12.3 Å². The van der Waals surface area contributed by atoms with Crippen molar-refractivity contribution in [2.24, 2.45) is 5.73 Å². The molecule has 2 saturated heterocycles. The number of nitro groups is 1. The molecule has 174 valence electrons. The number of thioether (sulfide) groups is 1. The number of ether oxygens (including phenoxy) is 2. The highest BCUT2D eigenvalue weighted by atomic mass is 35.6. The summed E-state index contributed by atoms with van der Waals surface area (Å²) in [4.78, 5) is 49.5. The lowest BCUT2D eigenvalue weighted by molar-refractivity contribution is -0.384. The van der Waals surface area contributed by atoms with Gasteiger partial charge in [-0.25, -0.2) is 9.59 Å². The molecular weight excluding hydrogens is 509 g/mol. The summed E-state index contributed by atoms with van der Waals surface area (Å²) in [5.74, 6) is -2.56. The second kappa shape index (κ2) is 8.53. The smallest absolute Gasteiger partial charge is 0.339 e. The molecule has 2 N–H and O–H groups in total. The van der Waals surface area contributed by atoms with Crippen molar-refractivity contribution in [2.45, 2.75) is 45.9 Å². The molecule has 0 unspecified atom stereocenters. The van der Waals surface area contributed by atoms with Crippen molar-refractivity contribution in [1.82, 2.24) is 4.90 Å². The minimum atomic E-state index is -2.02. The molecule has 1 amide bonds. The number of carbonyl (C=O) groups excluding carboxylic acids is 3. The SMILES string of the molecule is CC1(C)S[C@H]2N(C(=O)[C@@]2(N)C(=O)OCC(Cl)(Cl)Cl)[C@H]1C(=O)OCc1ccc([N+](=O)[O-])cc1. The summed E-state index contributed by atoms with van der Waals surface area (Å²) in [7, 11) is 0. The van der Waals surface area contributed by atoms with E-state index in [1.165, 1.54) is 29.2 Å². The topological polar surface area (TPSA) is 142 Å². The zero-order valence-corrected chi connectivity index (χ0v) is 19.8. The van der Waals surface area contributed by atoms with E-state index in [1.54, 1.807) is 13.8 Å². The molecule has 0 aromatic heterocycles. The van der Waals surface area contributed by atoms with E-state index in [4.69, 9.17) is 50.0 Å². The van der Waals surface area contributed by atoms with Crippen molar-refractivity contribution in [3.8, 4) is 0 Å². The first-order valence-corrected chi connectivity index (χ1v) is 11.1. The molecular formula is C18H18Cl3N3O7S. The van der Waals surface area contributed by atoms with Gasteiger partial charge in [0.1, 0.15) is 24.6 Å². The zero-order valence-electron chi connectivity index (χ0n) is 16.7. The first-order valence-electron chi connectivity index (χ1n) is 9.12. The highest BCUT2D eigenvalue weighted by Crippen LogP contribution is 2.54. The van der Waals surface area contributed by atoms with E-state index < -0.39 is 54.9 Å². The maximum atomic E-state index is 12.8. The second-order valence-electron chi connectivity index (χ2n) is 7.78. The minimum Gasteiger partial charge on any atom is -0.459 e. The molecule has 32 heavy (non-hydrogen) atoms. The Morgan fingerprint density at radius 3 is 2.38 bits per heavy atom. The summed E-state index contributed by atoms with van der Waals surface area (Å²) in [5.41, 5.74) is 4.48. The molecule has 14 heteroatoms. The Labute approximate surface area is 201 Å². The number of fused-ring (bicyclic) bond motifs is 1. The number of nitro benzene ring substituents is 1. The largest absolute Gasteiger partial charge is 0.459 e. The Kier molecular flexibility index (Phi) is 6.62. The number of benzene rings is 1. The van der Waals surface area contributed by atoms with Gasteiger partial charge >= 0.3 is 11.9 Å². The fraction of sp³-hybridized carbons (Fsp3) is 0.500. The molecule has 0 spiro atoms. The summed E-state index contributed by atoms with van der Waals surface area (Å²) in [6.45, 7) is 2.69. The summed E-state index contributed by atoms with van der Waals surface area (Å²) in [6, 6.07) is 4.49. The summed E-state index contributed by atoms with van der Waals surface area (Å²) in [5, 5.41) is 9.87. The third kappa shape index (κ3) is 4.49. The third-order valence-electron chi connectivity index (χ3n) is 5.04. The van der Waals surface area contributed by atoms with Gasteiger partial charge in [0, 0.05) is 16.9 Å². The number of nitrogens with zero attached hydrogens (tertiary/aromatic N) is 2. The van der Waals surface area contributed by atoms with E-state index in [1.807, 2.05) is 0 Å². The first-order chi connectivity index (χ1) is 14.7. The number of alkyl halides is 3. The maximum absolute atomic E-state index is 12.8. The molecule has 2 fully saturated rings. The summed E-state index contributed by atoms with van der Waals surface area (Å²) in [6.07, 6.45) is 0. The number of halogens is 3. The minimum absolute atomic E-state index is 0.0941. The van der Waals surface area contributed by atoms with Crippen LogP contribution in [0.3, 0.4) is 0 Å². The van der Waals surface area contributed by atoms with E-state index >= 15 is 0 Å². The predicted molar refractivity (Wildman–Crippen MR) is 117 cm³/mol. The van der Waals surface area contributed by atoms with Crippen molar-refractivity contribution in [3.63, 3.8) is 0 Å². The molecule has 0 bridgehead atoms. The summed E-state index contributed by atoms with van der Waals surface area (Å²) < 4.78 is 7.55. The molecule has 2 aliphatic heterocycles. The number of β-lactam (4-membered cyclic amide) rings is 1. The lowest BCUT2D eigenvalue weighted by atomic mass is 9.85. The van der Waals surface area contributed by atoms with Crippen LogP contribution in [0, 0.1) is 10.1 Å².